The molecule has 23 heavy (non-hydrogen) atoms. The van der Waals surface area contributed by atoms with Crippen molar-refractivity contribution < 1.29 is 8.42 Å². The lowest BCUT2D eigenvalue weighted by Crippen LogP contribution is -2.44. The van der Waals surface area contributed by atoms with Crippen LogP contribution >= 0.6 is 0 Å². The molecule has 1 aromatic heterocycles. The smallest absolute Gasteiger partial charge is 0.236 e. The molecule has 0 spiro atoms. The van der Waals surface area contributed by atoms with E-state index in [1.165, 1.54) is 0 Å². The summed E-state index contributed by atoms with van der Waals surface area (Å²) in [6, 6.07) is 10.5. The van der Waals surface area contributed by atoms with Crippen molar-refractivity contribution in [2.75, 3.05) is 6.54 Å². The number of rotatable bonds is 3. The first-order chi connectivity index (χ1) is 10.8. The molecule has 0 radical (unpaired) electrons. The van der Waals surface area contributed by atoms with E-state index in [0.717, 1.165) is 24.2 Å². The minimum absolute atomic E-state index is 0.317. The third-order valence-electron chi connectivity index (χ3n) is 4.37. The van der Waals surface area contributed by atoms with E-state index in [2.05, 4.69) is 9.97 Å². The summed E-state index contributed by atoms with van der Waals surface area (Å²) in [7, 11) is -3.57. The molecule has 1 saturated heterocycles. The van der Waals surface area contributed by atoms with Crippen LogP contribution in [0.5, 0.6) is 0 Å². The van der Waals surface area contributed by atoms with Crippen molar-refractivity contribution in [3.8, 4) is 0 Å². The molecule has 2 heterocycles. The van der Waals surface area contributed by atoms with E-state index >= 15 is 0 Å². The Morgan fingerprint density at radius 1 is 1.09 bits per heavy atom. The molecule has 0 aliphatic carbocycles. The second kappa shape index (κ2) is 5.69. The maximum atomic E-state index is 13.1. The largest absolute Gasteiger partial charge is 0.243 e. The average Bonchev–Trinajstić information content (AvgIpc) is 2.91. The first-order valence-electron chi connectivity index (χ1n) is 7.75. The fourth-order valence-corrected chi connectivity index (χ4v) is 5.06. The first kappa shape index (κ1) is 16.1. The summed E-state index contributed by atoms with van der Waals surface area (Å²) in [5.41, 5.74) is 1.02. The standard InChI is InChI=1S/C17H21N3O2S/c1-13-12-14(2)19-16(18-13)17(3)10-7-11-20(17)23(21,22)15-8-5-4-6-9-15/h4-6,8-9,12H,7,10-11H2,1-3H3/t17-/m1/s1. The molecular weight excluding hydrogens is 310 g/mol. The summed E-state index contributed by atoms with van der Waals surface area (Å²) >= 11 is 0. The number of aromatic nitrogens is 2. The summed E-state index contributed by atoms with van der Waals surface area (Å²) < 4.78 is 27.7. The highest BCUT2D eigenvalue weighted by atomic mass is 32.2. The summed E-state index contributed by atoms with van der Waals surface area (Å²) in [6.45, 7) is 6.23. The van der Waals surface area contributed by atoms with E-state index in [9.17, 15) is 8.42 Å². The molecule has 6 heteroatoms. The molecule has 0 unspecified atom stereocenters. The molecule has 0 bridgehead atoms. The molecular formula is C17H21N3O2S. The summed E-state index contributed by atoms with van der Waals surface area (Å²) in [5, 5.41) is 0. The maximum absolute atomic E-state index is 13.1. The van der Waals surface area contributed by atoms with Crippen LogP contribution < -0.4 is 0 Å². The van der Waals surface area contributed by atoms with Gasteiger partial charge in [0, 0.05) is 17.9 Å². The van der Waals surface area contributed by atoms with Gasteiger partial charge in [0.1, 0.15) is 5.82 Å². The molecule has 1 aliphatic heterocycles. The summed E-state index contributed by atoms with van der Waals surface area (Å²) in [5.74, 6) is 0.590. The first-order valence-corrected chi connectivity index (χ1v) is 9.19. The van der Waals surface area contributed by atoms with Gasteiger partial charge in [-0.3, -0.25) is 0 Å². The second-order valence-electron chi connectivity index (χ2n) is 6.24. The molecule has 2 aromatic rings. The van der Waals surface area contributed by atoms with Crippen LogP contribution in [0.4, 0.5) is 0 Å². The van der Waals surface area contributed by atoms with Gasteiger partial charge in [0.25, 0.3) is 0 Å². The molecule has 5 nitrogen and oxygen atoms in total. The highest BCUT2D eigenvalue weighted by molar-refractivity contribution is 7.89. The topological polar surface area (TPSA) is 63.2 Å². The predicted molar refractivity (Wildman–Crippen MR) is 88.4 cm³/mol. The number of aryl methyl sites for hydroxylation is 2. The van der Waals surface area contributed by atoms with Crippen LogP contribution in [0.1, 0.15) is 37.0 Å². The predicted octanol–water partition coefficient (Wildman–Crippen LogP) is 2.79. The van der Waals surface area contributed by atoms with Crippen molar-refractivity contribution in [3.63, 3.8) is 0 Å². The third kappa shape index (κ3) is 2.77. The molecule has 0 N–H and O–H groups in total. The second-order valence-corrected chi connectivity index (χ2v) is 8.10. The zero-order valence-electron chi connectivity index (χ0n) is 13.7. The van der Waals surface area contributed by atoms with Crippen molar-refractivity contribution in [2.24, 2.45) is 0 Å². The normalized spacial score (nSPS) is 22.4. The third-order valence-corrected chi connectivity index (χ3v) is 6.40. The van der Waals surface area contributed by atoms with Crippen LogP contribution in [-0.4, -0.2) is 29.2 Å². The lowest BCUT2D eigenvalue weighted by Gasteiger charge is -2.33. The van der Waals surface area contributed by atoms with Crippen LogP contribution in [-0.2, 0) is 15.6 Å². The SMILES string of the molecule is Cc1cc(C)nc([C@@]2(C)CCCN2S(=O)(=O)c2ccccc2)n1. The van der Waals surface area contributed by atoms with Crippen molar-refractivity contribution in [1.29, 1.82) is 0 Å². The van der Waals surface area contributed by atoms with Crippen LogP contribution in [0.15, 0.2) is 41.3 Å². The quantitative estimate of drug-likeness (QED) is 0.867. The molecule has 1 aliphatic rings. The van der Waals surface area contributed by atoms with E-state index < -0.39 is 15.6 Å². The van der Waals surface area contributed by atoms with Crippen LogP contribution in [0.2, 0.25) is 0 Å². The Bertz CT molecular complexity index is 801. The van der Waals surface area contributed by atoms with Gasteiger partial charge in [-0.05, 0) is 51.8 Å². The van der Waals surface area contributed by atoms with E-state index in [1.54, 1.807) is 28.6 Å². The van der Waals surface area contributed by atoms with Gasteiger partial charge in [-0.1, -0.05) is 18.2 Å². The number of benzene rings is 1. The highest BCUT2D eigenvalue weighted by Crippen LogP contribution is 2.40. The highest BCUT2D eigenvalue weighted by Gasteiger charge is 2.47. The Hall–Kier alpha value is -1.79. The van der Waals surface area contributed by atoms with Gasteiger partial charge in [0.05, 0.1) is 10.4 Å². The summed E-state index contributed by atoms with van der Waals surface area (Å²) in [4.78, 5) is 9.37. The van der Waals surface area contributed by atoms with Crippen molar-refractivity contribution >= 4 is 10.0 Å². The van der Waals surface area contributed by atoms with Crippen LogP contribution in [0.3, 0.4) is 0 Å². The van der Waals surface area contributed by atoms with E-state index in [4.69, 9.17) is 0 Å². The van der Waals surface area contributed by atoms with Crippen LogP contribution in [0, 0.1) is 13.8 Å². The molecule has 1 atom stereocenters. The average molecular weight is 331 g/mol. The van der Waals surface area contributed by atoms with Crippen molar-refractivity contribution in [3.05, 3.63) is 53.6 Å². The molecule has 1 fully saturated rings. The molecule has 122 valence electrons. The molecule has 1 aromatic carbocycles. The minimum Gasteiger partial charge on any atom is -0.236 e. The zero-order chi connectivity index (χ0) is 16.7. The van der Waals surface area contributed by atoms with Gasteiger partial charge in [-0.15, -0.1) is 0 Å². The van der Waals surface area contributed by atoms with E-state index in [0.29, 0.717) is 17.3 Å². The number of nitrogens with zero attached hydrogens (tertiary/aromatic N) is 3. The molecule has 0 saturated carbocycles. The van der Waals surface area contributed by atoms with E-state index in [1.807, 2.05) is 32.9 Å². The van der Waals surface area contributed by atoms with Gasteiger partial charge < -0.3 is 0 Å². The van der Waals surface area contributed by atoms with Crippen LogP contribution in [0.25, 0.3) is 0 Å². The Kier molecular flexibility index (Phi) is 3.98. The Labute approximate surface area is 137 Å². The minimum atomic E-state index is -3.57. The van der Waals surface area contributed by atoms with Gasteiger partial charge in [-0.25, -0.2) is 18.4 Å². The maximum Gasteiger partial charge on any atom is 0.243 e. The van der Waals surface area contributed by atoms with Gasteiger partial charge in [0.2, 0.25) is 10.0 Å². The monoisotopic (exact) mass is 331 g/mol. The van der Waals surface area contributed by atoms with E-state index in [-0.39, 0.29) is 0 Å². The summed E-state index contributed by atoms with van der Waals surface area (Å²) in [6.07, 6.45) is 1.53. The molecule has 3 rings (SSSR count). The number of sulfonamides is 1. The Balaban J connectivity index is 2.09. The Morgan fingerprint density at radius 3 is 2.30 bits per heavy atom. The fraction of sp³-hybridized carbons (Fsp3) is 0.412. The van der Waals surface area contributed by atoms with Gasteiger partial charge in [0.15, 0.2) is 0 Å². The fourth-order valence-electron chi connectivity index (χ4n) is 3.23. The number of hydrogen-bond acceptors (Lipinski definition) is 4. The lowest BCUT2D eigenvalue weighted by atomic mass is 9.99. The van der Waals surface area contributed by atoms with Gasteiger partial charge in [-0.2, -0.15) is 4.31 Å². The Morgan fingerprint density at radius 2 is 1.70 bits per heavy atom. The van der Waals surface area contributed by atoms with Gasteiger partial charge >= 0.3 is 0 Å². The van der Waals surface area contributed by atoms with Crippen molar-refractivity contribution in [1.82, 2.24) is 14.3 Å². The van der Waals surface area contributed by atoms with Crippen molar-refractivity contribution in [2.45, 2.75) is 44.0 Å². The lowest BCUT2D eigenvalue weighted by molar-refractivity contribution is 0.254. The zero-order valence-corrected chi connectivity index (χ0v) is 14.5. The molecule has 0 amide bonds. The number of hydrogen-bond donors (Lipinski definition) is 0.